The minimum Gasteiger partial charge on any atom is -0.480 e. The zero-order valence-corrected chi connectivity index (χ0v) is 19.1. The molecule has 3 aromatic heterocycles. The van der Waals surface area contributed by atoms with Crippen molar-refractivity contribution in [2.75, 3.05) is 32.6 Å². The highest BCUT2D eigenvalue weighted by atomic mass is 32.1. The molecule has 0 spiro atoms. The molecule has 1 aliphatic rings. The van der Waals surface area contributed by atoms with E-state index in [1.54, 1.807) is 37.4 Å². The number of likely N-dealkylation sites (tertiary alicyclic amines) is 1. The average Bonchev–Trinajstić information content (AvgIpc) is 3.15. The minimum atomic E-state index is -0.146. The predicted octanol–water partition coefficient (Wildman–Crippen LogP) is 3.04. The van der Waals surface area contributed by atoms with Crippen molar-refractivity contribution in [1.29, 1.82) is 0 Å². The third-order valence-electron chi connectivity index (χ3n) is 5.53. The molecule has 32 heavy (non-hydrogen) atoms. The monoisotopic (exact) mass is 455 g/mol. The number of nitrogens with zero attached hydrogens (tertiary/aromatic N) is 4. The number of nitrogens with one attached hydrogen (secondary N) is 1. The Morgan fingerprint density at radius 1 is 1.22 bits per heavy atom. The maximum Gasteiger partial charge on any atom is 0.264 e. The van der Waals surface area contributed by atoms with E-state index in [4.69, 9.17) is 9.47 Å². The number of ether oxygens (including phenoxy) is 2. The number of rotatable bonds is 6. The summed E-state index contributed by atoms with van der Waals surface area (Å²) in [6.07, 6.45) is 2.85. The van der Waals surface area contributed by atoms with Crippen LogP contribution in [-0.4, -0.2) is 59.0 Å². The third kappa shape index (κ3) is 4.42. The molecule has 0 aromatic carbocycles. The van der Waals surface area contributed by atoms with Crippen LogP contribution in [0.2, 0.25) is 0 Å². The van der Waals surface area contributed by atoms with Crippen LogP contribution in [-0.2, 0) is 16.1 Å². The highest BCUT2D eigenvalue weighted by Gasteiger charge is 2.30. The Kier molecular flexibility index (Phi) is 6.61. The molecule has 4 heterocycles. The smallest absolute Gasteiger partial charge is 0.264 e. The molecular weight excluding hydrogens is 430 g/mol. The van der Waals surface area contributed by atoms with Crippen LogP contribution < -0.4 is 10.1 Å². The van der Waals surface area contributed by atoms with E-state index in [1.165, 1.54) is 11.3 Å². The van der Waals surface area contributed by atoms with E-state index in [-0.39, 0.29) is 24.3 Å². The van der Waals surface area contributed by atoms with Crippen molar-refractivity contribution >= 4 is 39.2 Å². The molecule has 0 unspecified atom stereocenters. The lowest BCUT2D eigenvalue weighted by molar-refractivity contribution is -0.121. The molecular formula is C22H25N5O4S. The number of carbonyl (C=O) groups excluding carboxylic acids is 2. The zero-order valence-electron chi connectivity index (χ0n) is 18.3. The predicted molar refractivity (Wildman–Crippen MR) is 121 cm³/mol. The maximum atomic E-state index is 13.3. The first-order valence-corrected chi connectivity index (χ1v) is 11.2. The van der Waals surface area contributed by atoms with E-state index in [1.807, 2.05) is 13.0 Å². The summed E-state index contributed by atoms with van der Waals surface area (Å²) in [6.45, 7) is 3.19. The molecule has 4 rings (SSSR count). The van der Waals surface area contributed by atoms with Gasteiger partial charge in [-0.05, 0) is 37.5 Å². The second-order valence-corrected chi connectivity index (χ2v) is 8.59. The van der Waals surface area contributed by atoms with E-state index in [0.29, 0.717) is 53.2 Å². The van der Waals surface area contributed by atoms with E-state index in [0.717, 1.165) is 10.9 Å². The number of carbonyl (C=O) groups is 2. The number of aromatic nitrogens is 3. The van der Waals surface area contributed by atoms with Gasteiger partial charge in [0.2, 0.25) is 11.8 Å². The number of anilines is 1. The fraction of sp³-hybridized carbons (Fsp3) is 0.409. The van der Waals surface area contributed by atoms with E-state index >= 15 is 0 Å². The molecule has 0 atom stereocenters. The van der Waals surface area contributed by atoms with Crippen LogP contribution in [0.5, 0.6) is 5.88 Å². The highest BCUT2D eigenvalue weighted by Crippen LogP contribution is 2.36. The number of thiophene rings is 1. The summed E-state index contributed by atoms with van der Waals surface area (Å²) in [5.41, 5.74) is 0.811. The van der Waals surface area contributed by atoms with Crippen LogP contribution in [0, 0.1) is 12.8 Å². The molecule has 168 valence electrons. The number of hydrogen-bond donors (Lipinski definition) is 1. The van der Waals surface area contributed by atoms with Crippen LogP contribution in [0.3, 0.4) is 0 Å². The Balaban J connectivity index is 1.47. The van der Waals surface area contributed by atoms with Gasteiger partial charge in [0, 0.05) is 32.3 Å². The average molecular weight is 456 g/mol. The summed E-state index contributed by atoms with van der Waals surface area (Å²) in [5.74, 6) is 1.24. The van der Waals surface area contributed by atoms with Crippen molar-refractivity contribution in [1.82, 2.24) is 19.9 Å². The van der Waals surface area contributed by atoms with Gasteiger partial charge in [0.05, 0.1) is 17.4 Å². The van der Waals surface area contributed by atoms with Crippen LogP contribution in [0.4, 0.5) is 5.82 Å². The van der Waals surface area contributed by atoms with Crippen molar-refractivity contribution in [3.63, 3.8) is 0 Å². The van der Waals surface area contributed by atoms with Gasteiger partial charge in [-0.15, -0.1) is 11.3 Å². The first-order valence-electron chi connectivity index (χ1n) is 10.4. The number of amides is 2. The lowest BCUT2D eigenvalue weighted by atomic mass is 9.95. The van der Waals surface area contributed by atoms with E-state index in [9.17, 15) is 9.59 Å². The molecule has 10 heteroatoms. The van der Waals surface area contributed by atoms with Gasteiger partial charge in [0.25, 0.3) is 5.91 Å². The fourth-order valence-corrected chi connectivity index (χ4v) is 5.00. The number of pyridine rings is 1. The van der Waals surface area contributed by atoms with Crippen LogP contribution in [0.15, 0.2) is 24.4 Å². The summed E-state index contributed by atoms with van der Waals surface area (Å²) < 4.78 is 10.6. The molecule has 0 saturated carbocycles. The Morgan fingerprint density at radius 3 is 2.66 bits per heavy atom. The quantitative estimate of drug-likeness (QED) is 0.609. The standard InChI is InChI=1S/C22H25N5O4S/c1-13-17-20(31-3)25-16(12-30-2)26-21(17)32-18(13)22(29)27-10-7-14(8-11-27)19(28)24-15-6-4-5-9-23-15/h4-6,9,14H,7-8,10-12H2,1-3H3,(H,23,24,28). The lowest BCUT2D eigenvalue weighted by Gasteiger charge is -2.31. The number of hydrogen-bond acceptors (Lipinski definition) is 8. The topological polar surface area (TPSA) is 107 Å². The van der Waals surface area contributed by atoms with Gasteiger partial charge in [-0.25, -0.2) is 9.97 Å². The largest absolute Gasteiger partial charge is 0.480 e. The van der Waals surface area contributed by atoms with Crippen LogP contribution in [0.1, 0.15) is 33.9 Å². The molecule has 1 saturated heterocycles. The van der Waals surface area contributed by atoms with Gasteiger partial charge in [-0.2, -0.15) is 4.98 Å². The molecule has 3 aromatic rings. The van der Waals surface area contributed by atoms with Gasteiger partial charge in [0.1, 0.15) is 17.3 Å². The summed E-state index contributed by atoms with van der Waals surface area (Å²) in [5, 5.41) is 3.61. The number of fused-ring (bicyclic) bond motifs is 1. The minimum absolute atomic E-state index is 0.0515. The first-order chi connectivity index (χ1) is 15.5. The normalized spacial score (nSPS) is 14.5. The summed E-state index contributed by atoms with van der Waals surface area (Å²) in [7, 11) is 3.13. The molecule has 0 aliphatic carbocycles. The Bertz CT molecular complexity index is 1130. The molecule has 0 bridgehead atoms. The lowest BCUT2D eigenvalue weighted by Crippen LogP contribution is -2.41. The molecule has 2 amide bonds. The molecule has 1 aliphatic heterocycles. The van der Waals surface area contributed by atoms with Crippen LogP contribution >= 0.6 is 11.3 Å². The SMILES string of the molecule is COCc1nc(OC)c2c(C)c(C(=O)N3CCC(C(=O)Nc4ccccn4)CC3)sc2n1. The summed E-state index contributed by atoms with van der Waals surface area (Å²) >= 11 is 1.34. The number of methoxy groups -OCH3 is 2. The maximum absolute atomic E-state index is 13.3. The second-order valence-electron chi connectivity index (χ2n) is 7.59. The highest BCUT2D eigenvalue weighted by molar-refractivity contribution is 7.20. The van der Waals surface area contributed by atoms with Gasteiger partial charge >= 0.3 is 0 Å². The number of piperidine rings is 1. The second kappa shape index (κ2) is 9.58. The number of aryl methyl sites for hydroxylation is 1. The van der Waals surface area contributed by atoms with Gasteiger partial charge in [0.15, 0.2) is 5.82 Å². The van der Waals surface area contributed by atoms with Crippen molar-refractivity contribution in [3.8, 4) is 5.88 Å². The third-order valence-corrected chi connectivity index (χ3v) is 6.71. The van der Waals surface area contributed by atoms with Crippen molar-refractivity contribution in [3.05, 3.63) is 40.7 Å². The zero-order chi connectivity index (χ0) is 22.7. The first kappa shape index (κ1) is 22.1. The Hall–Kier alpha value is -3.11. The summed E-state index contributed by atoms with van der Waals surface area (Å²) in [4.78, 5) is 42.0. The van der Waals surface area contributed by atoms with E-state index < -0.39 is 0 Å². The van der Waals surface area contributed by atoms with Gasteiger partial charge in [-0.1, -0.05) is 6.07 Å². The van der Waals surface area contributed by atoms with Crippen molar-refractivity contribution in [2.45, 2.75) is 26.4 Å². The molecule has 1 fully saturated rings. The molecule has 0 radical (unpaired) electrons. The van der Waals surface area contributed by atoms with Gasteiger partial charge < -0.3 is 19.7 Å². The van der Waals surface area contributed by atoms with Gasteiger partial charge in [-0.3, -0.25) is 9.59 Å². The van der Waals surface area contributed by atoms with Crippen molar-refractivity contribution in [2.24, 2.45) is 5.92 Å². The van der Waals surface area contributed by atoms with Crippen molar-refractivity contribution < 1.29 is 19.1 Å². The molecule has 1 N–H and O–H groups in total. The Labute approximate surface area is 189 Å². The Morgan fingerprint density at radius 2 is 2.00 bits per heavy atom. The molecule has 9 nitrogen and oxygen atoms in total. The van der Waals surface area contributed by atoms with E-state index in [2.05, 4.69) is 20.3 Å². The van der Waals surface area contributed by atoms with Crippen LogP contribution in [0.25, 0.3) is 10.2 Å². The fourth-order valence-electron chi connectivity index (χ4n) is 3.84. The summed E-state index contributed by atoms with van der Waals surface area (Å²) in [6, 6.07) is 5.39.